The molecule has 0 aromatic carbocycles. The Morgan fingerprint density at radius 2 is 2.26 bits per heavy atom. The molecule has 1 fully saturated rings. The third-order valence-electron chi connectivity index (χ3n) is 3.84. The Kier molecular flexibility index (Phi) is 4.99. The smallest absolute Gasteiger partial charge is 0.194 e. The Labute approximate surface area is 115 Å². The maximum Gasteiger partial charge on any atom is 0.194 e. The molecule has 0 radical (unpaired) electrons. The van der Waals surface area contributed by atoms with Crippen LogP contribution in [0.25, 0.3) is 0 Å². The first-order chi connectivity index (χ1) is 9.04. The van der Waals surface area contributed by atoms with E-state index < -0.39 is 0 Å². The van der Waals surface area contributed by atoms with Gasteiger partial charge in [0.15, 0.2) is 5.89 Å². The molecule has 19 heavy (non-hydrogen) atoms. The molecule has 0 saturated carbocycles. The average Bonchev–Trinajstić information content (AvgIpc) is 2.76. The van der Waals surface area contributed by atoms with Crippen molar-refractivity contribution in [1.29, 1.82) is 0 Å². The molecular weight excluding hydrogens is 240 g/mol. The lowest BCUT2D eigenvalue weighted by molar-refractivity contribution is 0.135. The maximum atomic E-state index is 9.34. The molecule has 4 heteroatoms. The zero-order valence-electron chi connectivity index (χ0n) is 12.3. The standard InChI is InChI=1S/C15H26N2O2/c1-11(2)17-6-4-5-13(10-17)8-15-16-9-14(19-15)7-12(3)18/h9,11-13,18H,4-8,10H2,1-3H3. The van der Waals surface area contributed by atoms with Crippen molar-refractivity contribution in [3.63, 3.8) is 0 Å². The van der Waals surface area contributed by atoms with Crippen molar-refractivity contribution >= 4 is 0 Å². The molecule has 0 amide bonds. The third kappa shape index (κ3) is 4.32. The van der Waals surface area contributed by atoms with E-state index in [4.69, 9.17) is 4.42 Å². The van der Waals surface area contributed by atoms with Gasteiger partial charge in [-0.15, -0.1) is 0 Å². The SMILES string of the molecule is CC(O)Cc1cnc(CC2CCCN(C(C)C)C2)o1. The number of likely N-dealkylation sites (tertiary alicyclic amines) is 1. The van der Waals surface area contributed by atoms with Gasteiger partial charge in [-0.1, -0.05) is 0 Å². The molecule has 1 aliphatic heterocycles. The Morgan fingerprint density at radius 3 is 2.95 bits per heavy atom. The van der Waals surface area contributed by atoms with Crippen LogP contribution in [-0.2, 0) is 12.8 Å². The van der Waals surface area contributed by atoms with Crippen LogP contribution in [-0.4, -0.2) is 40.2 Å². The number of aliphatic hydroxyl groups is 1. The topological polar surface area (TPSA) is 49.5 Å². The summed E-state index contributed by atoms with van der Waals surface area (Å²) in [6, 6.07) is 0.623. The maximum absolute atomic E-state index is 9.34. The van der Waals surface area contributed by atoms with Gasteiger partial charge in [-0.25, -0.2) is 4.98 Å². The number of hydrogen-bond acceptors (Lipinski definition) is 4. The minimum Gasteiger partial charge on any atom is -0.446 e. The average molecular weight is 266 g/mol. The summed E-state index contributed by atoms with van der Waals surface area (Å²) in [6.45, 7) is 8.64. The molecule has 1 aromatic rings. The van der Waals surface area contributed by atoms with Crippen LogP contribution in [0.4, 0.5) is 0 Å². The highest BCUT2D eigenvalue weighted by molar-refractivity contribution is 4.97. The highest BCUT2D eigenvalue weighted by Crippen LogP contribution is 2.22. The summed E-state index contributed by atoms with van der Waals surface area (Å²) in [6.07, 6.45) is 5.39. The van der Waals surface area contributed by atoms with Crippen molar-refractivity contribution in [2.75, 3.05) is 13.1 Å². The lowest BCUT2D eigenvalue weighted by Crippen LogP contribution is -2.40. The molecular formula is C15H26N2O2. The summed E-state index contributed by atoms with van der Waals surface area (Å²) in [5.41, 5.74) is 0. The molecule has 1 N–H and O–H groups in total. The largest absolute Gasteiger partial charge is 0.446 e. The predicted octanol–water partition coefficient (Wildman–Crippen LogP) is 2.26. The van der Waals surface area contributed by atoms with Crippen LogP contribution in [0.15, 0.2) is 10.6 Å². The molecule has 2 rings (SSSR count). The van der Waals surface area contributed by atoms with Crippen LogP contribution in [0.5, 0.6) is 0 Å². The van der Waals surface area contributed by atoms with Gasteiger partial charge in [0.05, 0.1) is 12.3 Å². The second-order valence-corrected chi connectivity index (χ2v) is 6.07. The minimum absolute atomic E-state index is 0.369. The highest BCUT2D eigenvalue weighted by Gasteiger charge is 2.23. The quantitative estimate of drug-likeness (QED) is 0.888. The van der Waals surface area contributed by atoms with E-state index >= 15 is 0 Å². The molecule has 1 saturated heterocycles. The zero-order chi connectivity index (χ0) is 13.8. The van der Waals surface area contributed by atoms with Crippen molar-refractivity contribution in [3.05, 3.63) is 17.8 Å². The van der Waals surface area contributed by atoms with Crippen molar-refractivity contribution in [2.45, 2.75) is 58.6 Å². The summed E-state index contributed by atoms with van der Waals surface area (Å²) in [5, 5.41) is 9.34. The van der Waals surface area contributed by atoms with E-state index in [9.17, 15) is 5.11 Å². The van der Waals surface area contributed by atoms with E-state index in [0.717, 1.165) is 24.6 Å². The molecule has 2 heterocycles. The van der Waals surface area contributed by atoms with Crippen LogP contribution in [0, 0.1) is 5.92 Å². The first kappa shape index (κ1) is 14.5. The number of nitrogens with zero attached hydrogens (tertiary/aromatic N) is 2. The molecule has 4 nitrogen and oxygen atoms in total. The number of rotatable bonds is 5. The van der Waals surface area contributed by atoms with E-state index in [1.165, 1.54) is 19.4 Å². The molecule has 1 aliphatic rings. The summed E-state index contributed by atoms with van der Waals surface area (Å²) < 4.78 is 5.70. The summed E-state index contributed by atoms with van der Waals surface area (Å²) in [4.78, 5) is 6.87. The number of hydrogen-bond donors (Lipinski definition) is 1. The normalized spacial score (nSPS) is 22.9. The first-order valence-electron chi connectivity index (χ1n) is 7.40. The van der Waals surface area contributed by atoms with Gasteiger partial charge in [-0.3, -0.25) is 0 Å². The van der Waals surface area contributed by atoms with Gasteiger partial charge in [0.25, 0.3) is 0 Å². The molecule has 2 unspecified atom stereocenters. The second-order valence-electron chi connectivity index (χ2n) is 6.07. The first-order valence-corrected chi connectivity index (χ1v) is 7.40. The van der Waals surface area contributed by atoms with Gasteiger partial charge in [-0.2, -0.15) is 0 Å². The van der Waals surface area contributed by atoms with E-state index in [0.29, 0.717) is 18.4 Å². The van der Waals surface area contributed by atoms with Crippen molar-refractivity contribution in [2.24, 2.45) is 5.92 Å². The Hall–Kier alpha value is -0.870. The third-order valence-corrected chi connectivity index (χ3v) is 3.84. The van der Waals surface area contributed by atoms with Gasteiger partial charge < -0.3 is 14.4 Å². The summed E-state index contributed by atoms with van der Waals surface area (Å²) in [7, 11) is 0. The van der Waals surface area contributed by atoms with Crippen LogP contribution in [0.3, 0.4) is 0 Å². The van der Waals surface area contributed by atoms with Crippen LogP contribution in [0.1, 0.15) is 45.3 Å². The lowest BCUT2D eigenvalue weighted by Gasteiger charge is -2.35. The minimum atomic E-state index is -0.369. The second kappa shape index (κ2) is 6.53. The van der Waals surface area contributed by atoms with Crippen molar-refractivity contribution in [1.82, 2.24) is 9.88 Å². The van der Waals surface area contributed by atoms with Gasteiger partial charge in [-0.05, 0) is 46.1 Å². The van der Waals surface area contributed by atoms with E-state index in [2.05, 4.69) is 23.7 Å². The van der Waals surface area contributed by atoms with Crippen LogP contribution in [0.2, 0.25) is 0 Å². The number of aromatic nitrogens is 1. The number of piperidine rings is 1. The van der Waals surface area contributed by atoms with Gasteiger partial charge >= 0.3 is 0 Å². The van der Waals surface area contributed by atoms with Crippen molar-refractivity contribution < 1.29 is 9.52 Å². The number of aliphatic hydroxyl groups excluding tert-OH is 1. The fraction of sp³-hybridized carbons (Fsp3) is 0.800. The molecule has 2 atom stereocenters. The van der Waals surface area contributed by atoms with E-state index in [-0.39, 0.29) is 6.10 Å². The van der Waals surface area contributed by atoms with Gasteiger partial charge in [0.1, 0.15) is 5.76 Å². The lowest BCUT2D eigenvalue weighted by atomic mass is 9.94. The molecule has 0 bridgehead atoms. The van der Waals surface area contributed by atoms with Crippen molar-refractivity contribution in [3.8, 4) is 0 Å². The molecule has 0 spiro atoms. The van der Waals surface area contributed by atoms with E-state index in [1.807, 2.05) is 0 Å². The monoisotopic (exact) mass is 266 g/mol. The van der Waals surface area contributed by atoms with E-state index in [1.54, 1.807) is 13.1 Å². The van der Waals surface area contributed by atoms with Crippen LogP contribution < -0.4 is 0 Å². The van der Waals surface area contributed by atoms with Gasteiger partial charge in [0, 0.05) is 25.4 Å². The summed E-state index contributed by atoms with van der Waals surface area (Å²) >= 11 is 0. The zero-order valence-corrected chi connectivity index (χ0v) is 12.3. The Bertz CT molecular complexity index is 387. The van der Waals surface area contributed by atoms with Crippen LogP contribution >= 0.6 is 0 Å². The molecule has 1 aromatic heterocycles. The fourth-order valence-electron chi connectivity index (χ4n) is 2.81. The predicted molar refractivity (Wildman–Crippen MR) is 75.0 cm³/mol. The molecule has 0 aliphatic carbocycles. The Morgan fingerprint density at radius 1 is 1.47 bits per heavy atom. The summed E-state index contributed by atoms with van der Waals surface area (Å²) in [5.74, 6) is 2.27. The van der Waals surface area contributed by atoms with Gasteiger partial charge in [0.2, 0.25) is 0 Å². The molecule has 108 valence electrons. The number of oxazole rings is 1. The highest BCUT2D eigenvalue weighted by atomic mass is 16.4. The fourth-order valence-corrected chi connectivity index (χ4v) is 2.81. The Balaban J connectivity index is 1.88.